The molecule has 2 rings (SSSR count). The Morgan fingerprint density at radius 2 is 1.90 bits per heavy atom. The Kier molecular flexibility index (Phi) is 4.35. The number of carboxylic acids is 1. The second-order valence-electron chi connectivity index (χ2n) is 5.51. The van der Waals surface area contributed by atoms with Gasteiger partial charge in [-0.2, -0.15) is 0 Å². The number of hydrogen-bond acceptors (Lipinski definition) is 3. The van der Waals surface area contributed by atoms with Gasteiger partial charge in [0.25, 0.3) is 0 Å². The number of nitrogens with one attached hydrogen (secondary N) is 1. The molecule has 1 aromatic carbocycles. The molecule has 2 atom stereocenters. The van der Waals surface area contributed by atoms with Crippen LogP contribution in [-0.4, -0.2) is 42.2 Å². The fourth-order valence-corrected chi connectivity index (χ4v) is 2.44. The highest BCUT2D eigenvalue weighted by atomic mass is 16.5. The van der Waals surface area contributed by atoms with Crippen molar-refractivity contribution in [2.75, 3.05) is 25.5 Å². The molecule has 21 heavy (non-hydrogen) atoms. The van der Waals surface area contributed by atoms with E-state index >= 15 is 0 Å². The van der Waals surface area contributed by atoms with Crippen molar-refractivity contribution in [1.82, 2.24) is 4.90 Å². The molecule has 1 aromatic rings. The number of carboxylic acid groups (broad SMARTS) is 1. The standard InChI is InChI=1S/C15H20N2O4/c1-9-7-17(8-10(9)2)15(20)16-11-4-5-12(14(18)19)13(6-11)21-3/h4-6,9-10H,7-8H2,1-3H3,(H,16,20)(H,18,19). The Morgan fingerprint density at radius 3 is 2.43 bits per heavy atom. The Balaban J connectivity index is 2.09. The third-order valence-corrected chi connectivity index (χ3v) is 3.96. The van der Waals surface area contributed by atoms with Crippen molar-refractivity contribution in [1.29, 1.82) is 0 Å². The summed E-state index contributed by atoms with van der Waals surface area (Å²) in [6.07, 6.45) is 0. The van der Waals surface area contributed by atoms with Crippen LogP contribution in [-0.2, 0) is 0 Å². The number of carbonyl (C=O) groups excluding carboxylic acids is 1. The number of ether oxygens (including phenoxy) is 1. The van der Waals surface area contributed by atoms with Crippen molar-refractivity contribution < 1.29 is 19.4 Å². The van der Waals surface area contributed by atoms with E-state index < -0.39 is 5.97 Å². The van der Waals surface area contributed by atoms with Crippen molar-refractivity contribution in [3.63, 3.8) is 0 Å². The van der Waals surface area contributed by atoms with E-state index in [0.717, 1.165) is 13.1 Å². The maximum Gasteiger partial charge on any atom is 0.339 e. The molecule has 0 spiro atoms. The first-order valence-corrected chi connectivity index (χ1v) is 6.89. The number of urea groups is 1. The highest BCUT2D eigenvalue weighted by molar-refractivity contribution is 5.94. The summed E-state index contributed by atoms with van der Waals surface area (Å²) in [5, 5.41) is 11.8. The second-order valence-corrected chi connectivity index (χ2v) is 5.51. The number of carbonyl (C=O) groups is 2. The van der Waals surface area contributed by atoms with E-state index in [1.54, 1.807) is 11.0 Å². The van der Waals surface area contributed by atoms with Crippen molar-refractivity contribution in [2.24, 2.45) is 11.8 Å². The van der Waals surface area contributed by atoms with E-state index in [0.29, 0.717) is 17.5 Å². The number of methoxy groups -OCH3 is 1. The van der Waals surface area contributed by atoms with Gasteiger partial charge in [0.15, 0.2) is 0 Å². The number of benzene rings is 1. The monoisotopic (exact) mass is 292 g/mol. The number of anilines is 1. The predicted molar refractivity (Wildman–Crippen MR) is 78.9 cm³/mol. The van der Waals surface area contributed by atoms with Gasteiger partial charge in [0, 0.05) is 24.8 Å². The minimum Gasteiger partial charge on any atom is -0.496 e. The van der Waals surface area contributed by atoms with Crippen LogP contribution in [0.25, 0.3) is 0 Å². The van der Waals surface area contributed by atoms with E-state index in [-0.39, 0.29) is 17.3 Å². The number of amides is 2. The lowest BCUT2D eigenvalue weighted by Gasteiger charge is -2.17. The molecule has 1 fully saturated rings. The molecule has 0 radical (unpaired) electrons. The molecular weight excluding hydrogens is 272 g/mol. The number of rotatable bonds is 3. The summed E-state index contributed by atoms with van der Waals surface area (Å²) in [4.78, 5) is 25.0. The molecular formula is C15H20N2O4. The number of likely N-dealkylation sites (tertiary alicyclic amines) is 1. The summed E-state index contributed by atoms with van der Waals surface area (Å²) < 4.78 is 5.04. The average Bonchev–Trinajstić information content (AvgIpc) is 2.78. The van der Waals surface area contributed by atoms with Crippen LogP contribution in [0, 0.1) is 11.8 Å². The Morgan fingerprint density at radius 1 is 1.29 bits per heavy atom. The van der Waals surface area contributed by atoms with Crippen LogP contribution >= 0.6 is 0 Å². The molecule has 0 bridgehead atoms. The van der Waals surface area contributed by atoms with Gasteiger partial charge in [-0.05, 0) is 24.0 Å². The smallest absolute Gasteiger partial charge is 0.339 e. The maximum absolute atomic E-state index is 12.2. The zero-order chi connectivity index (χ0) is 15.6. The molecule has 1 saturated heterocycles. The molecule has 1 aliphatic rings. The summed E-state index contributed by atoms with van der Waals surface area (Å²) in [5.41, 5.74) is 0.591. The third kappa shape index (κ3) is 3.26. The van der Waals surface area contributed by atoms with Crippen molar-refractivity contribution in [3.05, 3.63) is 23.8 Å². The summed E-state index contributed by atoms with van der Waals surface area (Å²) in [6, 6.07) is 4.33. The van der Waals surface area contributed by atoms with Crippen LogP contribution in [0.3, 0.4) is 0 Å². The lowest BCUT2D eigenvalue weighted by molar-refractivity contribution is 0.0693. The molecule has 0 saturated carbocycles. The largest absolute Gasteiger partial charge is 0.496 e. The normalized spacial score (nSPS) is 21.2. The molecule has 114 valence electrons. The van der Waals surface area contributed by atoms with E-state index in [1.807, 2.05) is 0 Å². The average molecular weight is 292 g/mol. The SMILES string of the molecule is COc1cc(NC(=O)N2CC(C)C(C)C2)ccc1C(=O)O. The Labute approximate surface area is 123 Å². The van der Waals surface area contributed by atoms with Crippen LogP contribution in [0.5, 0.6) is 5.75 Å². The molecule has 2 unspecified atom stereocenters. The van der Waals surface area contributed by atoms with E-state index in [2.05, 4.69) is 19.2 Å². The summed E-state index contributed by atoms with van der Waals surface area (Å²) in [6.45, 7) is 5.72. The number of aromatic carboxylic acids is 1. The van der Waals surface area contributed by atoms with E-state index in [4.69, 9.17) is 9.84 Å². The third-order valence-electron chi connectivity index (χ3n) is 3.96. The lowest BCUT2D eigenvalue weighted by atomic mass is 10.0. The van der Waals surface area contributed by atoms with Gasteiger partial charge in [-0.25, -0.2) is 9.59 Å². The fraction of sp³-hybridized carbons (Fsp3) is 0.467. The molecule has 2 N–H and O–H groups in total. The molecule has 6 nitrogen and oxygen atoms in total. The van der Waals surface area contributed by atoms with Crippen LogP contribution in [0.4, 0.5) is 10.5 Å². The number of nitrogens with zero attached hydrogens (tertiary/aromatic N) is 1. The van der Waals surface area contributed by atoms with Gasteiger partial charge >= 0.3 is 12.0 Å². The van der Waals surface area contributed by atoms with Crippen LogP contribution in [0.2, 0.25) is 0 Å². The molecule has 0 aromatic heterocycles. The maximum atomic E-state index is 12.2. The van der Waals surface area contributed by atoms with E-state index in [9.17, 15) is 9.59 Å². The predicted octanol–water partition coefficient (Wildman–Crippen LogP) is 2.51. The zero-order valence-electron chi connectivity index (χ0n) is 12.4. The highest BCUT2D eigenvalue weighted by Crippen LogP contribution is 2.25. The Hall–Kier alpha value is -2.24. The molecule has 1 aliphatic heterocycles. The second kappa shape index (κ2) is 6.03. The van der Waals surface area contributed by atoms with Gasteiger partial charge in [-0.15, -0.1) is 0 Å². The summed E-state index contributed by atoms with van der Waals surface area (Å²) in [7, 11) is 1.40. The Bertz CT molecular complexity index is 549. The van der Waals surface area contributed by atoms with Gasteiger partial charge in [-0.3, -0.25) is 0 Å². The molecule has 6 heteroatoms. The van der Waals surface area contributed by atoms with Gasteiger partial charge in [0.2, 0.25) is 0 Å². The quantitative estimate of drug-likeness (QED) is 0.897. The van der Waals surface area contributed by atoms with E-state index in [1.165, 1.54) is 19.2 Å². The lowest BCUT2D eigenvalue weighted by Crippen LogP contribution is -2.33. The van der Waals surface area contributed by atoms with Crippen LogP contribution < -0.4 is 10.1 Å². The van der Waals surface area contributed by atoms with Crippen molar-refractivity contribution >= 4 is 17.7 Å². The first-order valence-electron chi connectivity index (χ1n) is 6.89. The van der Waals surface area contributed by atoms with Gasteiger partial charge < -0.3 is 20.1 Å². The minimum absolute atomic E-state index is 0.0684. The van der Waals surface area contributed by atoms with Gasteiger partial charge in [0.1, 0.15) is 11.3 Å². The van der Waals surface area contributed by atoms with Crippen molar-refractivity contribution in [3.8, 4) is 5.75 Å². The topological polar surface area (TPSA) is 78.9 Å². The van der Waals surface area contributed by atoms with Crippen LogP contribution in [0.1, 0.15) is 24.2 Å². The minimum atomic E-state index is -1.06. The molecule has 1 heterocycles. The first-order chi connectivity index (χ1) is 9.92. The fourth-order valence-electron chi connectivity index (χ4n) is 2.44. The summed E-state index contributed by atoms with van der Waals surface area (Å²) in [5.74, 6) is 0.134. The van der Waals surface area contributed by atoms with Gasteiger partial charge in [-0.1, -0.05) is 13.8 Å². The molecule has 2 amide bonds. The highest BCUT2D eigenvalue weighted by Gasteiger charge is 2.29. The summed E-state index contributed by atoms with van der Waals surface area (Å²) >= 11 is 0. The zero-order valence-corrected chi connectivity index (χ0v) is 12.4. The van der Waals surface area contributed by atoms with Gasteiger partial charge in [0.05, 0.1) is 7.11 Å². The van der Waals surface area contributed by atoms with Crippen LogP contribution in [0.15, 0.2) is 18.2 Å². The number of hydrogen-bond donors (Lipinski definition) is 2. The molecule has 0 aliphatic carbocycles. The first kappa shape index (κ1) is 15.2. The van der Waals surface area contributed by atoms with Crippen molar-refractivity contribution in [2.45, 2.75) is 13.8 Å².